The standard InChI is InChI=1S/C16H25NO2Si/c1-16(2,3)20(4,5)19-15-12-9-13-18-17(15)14-10-7-6-8-11-14/h6-12,15H,13H2,1-5H3. The quantitative estimate of drug-likeness (QED) is 0.611. The van der Waals surface area contributed by atoms with E-state index in [2.05, 4.69) is 39.9 Å². The second-order valence-electron chi connectivity index (χ2n) is 6.65. The van der Waals surface area contributed by atoms with Gasteiger partial charge in [-0.05, 0) is 36.3 Å². The maximum Gasteiger partial charge on any atom is 0.195 e. The lowest BCUT2D eigenvalue weighted by molar-refractivity contribution is 0.0373. The van der Waals surface area contributed by atoms with E-state index in [1.54, 1.807) is 0 Å². The molecule has 0 aliphatic carbocycles. The summed E-state index contributed by atoms with van der Waals surface area (Å²) in [5.41, 5.74) is 1.03. The van der Waals surface area contributed by atoms with Gasteiger partial charge in [0, 0.05) is 0 Å². The van der Waals surface area contributed by atoms with Crippen LogP contribution in [0.3, 0.4) is 0 Å². The zero-order chi connectivity index (χ0) is 14.8. The molecule has 0 saturated carbocycles. The fourth-order valence-electron chi connectivity index (χ4n) is 1.81. The number of hydrogen-bond acceptors (Lipinski definition) is 3. The Kier molecular flexibility index (Phi) is 4.37. The van der Waals surface area contributed by atoms with Crippen LogP contribution >= 0.6 is 0 Å². The summed E-state index contributed by atoms with van der Waals surface area (Å²) < 4.78 is 6.46. The molecule has 1 atom stereocenters. The topological polar surface area (TPSA) is 21.7 Å². The Morgan fingerprint density at radius 2 is 1.85 bits per heavy atom. The Morgan fingerprint density at radius 1 is 1.20 bits per heavy atom. The van der Waals surface area contributed by atoms with Crippen LogP contribution in [-0.2, 0) is 9.26 Å². The molecule has 0 bridgehead atoms. The van der Waals surface area contributed by atoms with Crippen molar-refractivity contribution in [2.75, 3.05) is 11.7 Å². The van der Waals surface area contributed by atoms with E-state index in [1.807, 2.05) is 41.5 Å². The van der Waals surface area contributed by atoms with Crippen LogP contribution in [0.4, 0.5) is 5.69 Å². The van der Waals surface area contributed by atoms with Crippen molar-refractivity contribution in [3.8, 4) is 0 Å². The van der Waals surface area contributed by atoms with E-state index in [-0.39, 0.29) is 11.3 Å². The predicted octanol–water partition coefficient (Wildman–Crippen LogP) is 4.34. The third-order valence-electron chi connectivity index (χ3n) is 4.07. The van der Waals surface area contributed by atoms with Crippen LogP contribution in [0, 0.1) is 0 Å². The van der Waals surface area contributed by atoms with Gasteiger partial charge in [-0.25, -0.2) is 5.06 Å². The van der Waals surface area contributed by atoms with Crippen LogP contribution in [0.2, 0.25) is 18.1 Å². The summed E-state index contributed by atoms with van der Waals surface area (Å²) in [6, 6.07) is 10.1. The van der Waals surface area contributed by atoms with Gasteiger partial charge in [0.25, 0.3) is 0 Å². The average molecular weight is 291 g/mol. The second-order valence-corrected chi connectivity index (χ2v) is 11.4. The summed E-state index contributed by atoms with van der Waals surface area (Å²) in [6.45, 7) is 11.9. The van der Waals surface area contributed by atoms with Crippen molar-refractivity contribution in [3.63, 3.8) is 0 Å². The molecular weight excluding hydrogens is 266 g/mol. The summed E-state index contributed by atoms with van der Waals surface area (Å²) in [5, 5.41) is 2.06. The smallest absolute Gasteiger partial charge is 0.195 e. The van der Waals surface area contributed by atoms with Crippen LogP contribution in [0.1, 0.15) is 20.8 Å². The van der Waals surface area contributed by atoms with E-state index in [0.717, 1.165) is 5.69 Å². The maximum atomic E-state index is 6.46. The summed E-state index contributed by atoms with van der Waals surface area (Å²) in [7, 11) is -1.84. The van der Waals surface area contributed by atoms with Gasteiger partial charge in [-0.3, -0.25) is 4.84 Å². The first-order chi connectivity index (χ1) is 9.31. The fourth-order valence-corrected chi connectivity index (χ4v) is 2.94. The minimum absolute atomic E-state index is 0.146. The fraction of sp³-hybridized carbons (Fsp3) is 0.500. The molecule has 1 unspecified atom stereocenters. The predicted molar refractivity (Wildman–Crippen MR) is 86.1 cm³/mol. The number of nitrogens with zero attached hydrogens (tertiary/aromatic N) is 1. The minimum Gasteiger partial charge on any atom is -0.392 e. The van der Waals surface area contributed by atoms with E-state index >= 15 is 0 Å². The largest absolute Gasteiger partial charge is 0.392 e. The molecule has 4 heteroatoms. The number of hydroxylamine groups is 1. The molecule has 110 valence electrons. The monoisotopic (exact) mass is 291 g/mol. The first-order valence-electron chi connectivity index (χ1n) is 7.13. The molecule has 1 aliphatic heterocycles. The summed E-state index contributed by atoms with van der Waals surface area (Å²) in [6.07, 6.45) is 3.97. The highest BCUT2D eigenvalue weighted by Gasteiger charge is 2.40. The van der Waals surface area contributed by atoms with Crippen molar-refractivity contribution in [3.05, 3.63) is 42.5 Å². The molecule has 0 spiro atoms. The highest BCUT2D eigenvalue weighted by Crippen LogP contribution is 2.38. The zero-order valence-corrected chi connectivity index (χ0v) is 14.1. The minimum atomic E-state index is -1.84. The first-order valence-corrected chi connectivity index (χ1v) is 10.0. The highest BCUT2D eigenvalue weighted by molar-refractivity contribution is 6.74. The Bertz CT molecular complexity index is 465. The molecule has 20 heavy (non-hydrogen) atoms. The van der Waals surface area contributed by atoms with Gasteiger partial charge in [0.2, 0.25) is 0 Å². The Hall–Kier alpha value is -1.10. The van der Waals surface area contributed by atoms with E-state index in [1.165, 1.54) is 0 Å². The summed E-state index contributed by atoms with van der Waals surface area (Å²) >= 11 is 0. The highest BCUT2D eigenvalue weighted by atomic mass is 28.4. The zero-order valence-electron chi connectivity index (χ0n) is 13.1. The van der Waals surface area contributed by atoms with Crippen LogP contribution in [0.25, 0.3) is 0 Å². The van der Waals surface area contributed by atoms with E-state index < -0.39 is 8.32 Å². The molecule has 0 aromatic heterocycles. The van der Waals surface area contributed by atoms with Crippen LogP contribution < -0.4 is 5.06 Å². The Labute approximate surface area is 123 Å². The molecule has 0 amide bonds. The van der Waals surface area contributed by atoms with Crippen LogP contribution in [0.5, 0.6) is 0 Å². The van der Waals surface area contributed by atoms with Crippen LogP contribution in [-0.4, -0.2) is 21.2 Å². The van der Waals surface area contributed by atoms with Gasteiger partial charge in [0.15, 0.2) is 14.5 Å². The van der Waals surface area contributed by atoms with Crippen LogP contribution in [0.15, 0.2) is 42.5 Å². The van der Waals surface area contributed by atoms with Gasteiger partial charge in [-0.1, -0.05) is 45.0 Å². The first kappa shape index (κ1) is 15.3. The molecule has 1 aliphatic rings. The summed E-state index contributed by atoms with van der Waals surface area (Å²) in [5.74, 6) is 0. The van der Waals surface area contributed by atoms with Crippen molar-refractivity contribution in [1.29, 1.82) is 0 Å². The number of hydrogen-bond donors (Lipinski definition) is 0. The van der Waals surface area contributed by atoms with Crippen molar-refractivity contribution in [2.24, 2.45) is 0 Å². The molecule has 0 N–H and O–H groups in total. The van der Waals surface area contributed by atoms with Crippen molar-refractivity contribution in [2.45, 2.75) is 45.1 Å². The van der Waals surface area contributed by atoms with E-state index in [4.69, 9.17) is 9.26 Å². The third kappa shape index (κ3) is 3.31. The molecule has 1 heterocycles. The van der Waals surface area contributed by atoms with E-state index in [9.17, 15) is 0 Å². The molecular formula is C16H25NO2Si. The number of rotatable bonds is 3. The molecule has 0 fully saturated rings. The number of para-hydroxylation sites is 1. The van der Waals surface area contributed by atoms with Gasteiger partial charge < -0.3 is 4.43 Å². The Morgan fingerprint density at radius 3 is 2.45 bits per heavy atom. The molecule has 3 nitrogen and oxygen atoms in total. The number of benzene rings is 1. The maximum absolute atomic E-state index is 6.46. The lowest BCUT2D eigenvalue weighted by atomic mass is 10.2. The lowest BCUT2D eigenvalue weighted by Crippen LogP contribution is -2.50. The normalized spacial score (nSPS) is 20.2. The second kappa shape index (κ2) is 5.72. The molecule has 1 aromatic rings. The average Bonchev–Trinajstić information content (AvgIpc) is 2.38. The summed E-state index contributed by atoms with van der Waals surface area (Å²) in [4.78, 5) is 5.78. The number of anilines is 1. The molecule has 0 saturated heterocycles. The van der Waals surface area contributed by atoms with Crippen molar-refractivity contribution in [1.82, 2.24) is 0 Å². The molecule has 1 aromatic carbocycles. The molecule has 2 rings (SSSR count). The van der Waals surface area contributed by atoms with Gasteiger partial charge in [0.1, 0.15) is 0 Å². The molecule has 0 radical (unpaired) electrons. The van der Waals surface area contributed by atoms with Gasteiger partial charge in [-0.15, -0.1) is 0 Å². The van der Waals surface area contributed by atoms with Gasteiger partial charge in [0.05, 0.1) is 12.3 Å². The third-order valence-corrected chi connectivity index (χ3v) is 8.52. The van der Waals surface area contributed by atoms with Gasteiger partial charge in [-0.2, -0.15) is 0 Å². The Balaban J connectivity index is 2.20. The van der Waals surface area contributed by atoms with E-state index in [0.29, 0.717) is 6.61 Å². The van der Waals surface area contributed by atoms with Gasteiger partial charge >= 0.3 is 0 Å². The van der Waals surface area contributed by atoms with Crippen molar-refractivity contribution >= 4 is 14.0 Å². The SMILES string of the molecule is CC(C)(C)[Si](C)(C)OC1C=CCON1c1ccccc1. The van der Waals surface area contributed by atoms with Crippen molar-refractivity contribution < 1.29 is 9.26 Å². The lowest BCUT2D eigenvalue weighted by Gasteiger charge is -2.42.